The summed E-state index contributed by atoms with van der Waals surface area (Å²) in [6.45, 7) is 10.8. The van der Waals surface area contributed by atoms with Crippen molar-refractivity contribution in [2.24, 2.45) is 0 Å². The van der Waals surface area contributed by atoms with Crippen molar-refractivity contribution in [3.63, 3.8) is 0 Å². The summed E-state index contributed by atoms with van der Waals surface area (Å²) in [5.74, 6) is 0. The van der Waals surface area contributed by atoms with Gasteiger partial charge in [-0.1, -0.05) is 49.6 Å². The van der Waals surface area contributed by atoms with Gasteiger partial charge in [-0.25, -0.2) is 0 Å². The van der Waals surface area contributed by atoms with E-state index < -0.39 is 0 Å². The molecule has 0 nitrogen and oxygen atoms in total. The smallest absolute Gasteiger partial charge is 0.0467 e. The van der Waals surface area contributed by atoms with Gasteiger partial charge in [0, 0.05) is 0 Å². The third kappa shape index (κ3) is 28.2. The third-order valence-electron chi connectivity index (χ3n) is 0.657. The number of allylic oxidation sites excluding steroid dienone is 6. The van der Waals surface area contributed by atoms with E-state index in [9.17, 15) is 0 Å². The second kappa shape index (κ2) is 15.7. The molecule has 0 atom stereocenters. The zero-order valence-electron chi connectivity index (χ0n) is 6.88. The SMILES string of the molecule is C=CC=CC.C=CC=CC. The minimum atomic E-state index is 1.75. The molecule has 0 radical (unpaired) electrons. The summed E-state index contributed by atoms with van der Waals surface area (Å²) in [5, 5.41) is 0. The van der Waals surface area contributed by atoms with Crippen LogP contribution in [0.2, 0.25) is 0 Å². The van der Waals surface area contributed by atoms with Gasteiger partial charge in [0.1, 0.15) is 0 Å². The number of rotatable bonds is 2. The Bertz CT molecular complexity index is 100. The summed E-state index contributed by atoms with van der Waals surface area (Å²) in [5.41, 5.74) is 0. The minimum absolute atomic E-state index is 1.75. The minimum Gasteiger partial charge on any atom is -0.0991 e. The first kappa shape index (κ1) is 11.7. The standard InChI is InChI=1S/2C5H8/c2*1-3-5-4-2/h2*3-5H,1H2,2H3. The molecule has 0 spiro atoms. The average molecular weight is 136 g/mol. The normalized spacial score (nSPS) is 9.00. The fraction of sp³-hybridized carbons (Fsp3) is 0.200. The van der Waals surface area contributed by atoms with Crippen LogP contribution in [-0.2, 0) is 0 Å². The number of hydrogen-bond donors (Lipinski definition) is 0. The lowest BCUT2D eigenvalue weighted by Crippen LogP contribution is -1.33. The highest BCUT2D eigenvalue weighted by Crippen LogP contribution is 1.65. The van der Waals surface area contributed by atoms with Gasteiger partial charge in [0.05, 0.1) is 0 Å². The first-order valence-electron chi connectivity index (χ1n) is 3.30. The molecular weight excluding hydrogens is 120 g/mol. The van der Waals surface area contributed by atoms with Gasteiger partial charge in [-0.15, -0.1) is 0 Å². The number of hydrogen-bond acceptors (Lipinski definition) is 0. The summed E-state index contributed by atoms with van der Waals surface area (Å²) in [6.07, 6.45) is 11.2. The Morgan fingerprint density at radius 2 is 1.10 bits per heavy atom. The second-order valence-electron chi connectivity index (χ2n) is 1.52. The zero-order chi connectivity index (χ0) is 8.24. The lowest BCUT2D eigenvalue weighted by molar-refractivity contribution is 1.74. The maximum absolute atomic E-state index is 3.46. The van der Waals surface area contributed by atoms with Crippen LogP contribution < -0.4 is 0 Å². The molecule has 0 fully saturated rings. The molecule has 0 heteroatoms. The monoisotopic (exact) mass is 136 g/mol. The second-order valence-corrected chi connectivity index (χ2v) is 1.52. The fourth-order valence-corrected chi connectivity index (χ4v) is 0.272. The van der Waals surface area contributed by atoms with Crippen LogP contribution in [0.25, 0.3) is 0 Å². The summed E-state index contributed by atoms with van der Waals surface area (Å²) in [7, 11) is 0. The molecule has 0 heterocycles. The van der Waals surface area contributed by atoms with E-state index in [1.165, 1.54) is 0 Å². The van der Waals surface area contributed by atoms with Crippen molar-refractivity contribution in [2.45, 2.75) is 13.8 Å². The molecule has 0 unspecified atom stereocenters. The first-order chi connectivity index (χ1) is 4.83. The lowest BCUT2D eigenvalue weighted by atomic mass is 10.5. The Morgan fingerprint density at radius 3 is 1.10 bits per heavy atom. The molecule has 0 aromatic heterocycles. The largest absolute Gasteiger partial charge is 0.0991 e. The van der Waals surface area contributed by atoms with Crippen LogP contribution in [0.5, 0.6) is 0 Å². The molecule has 0 aliphatic carbocycles. The maximum atomic E-state index is 3.46. The molecule has 0 aliphatic heterocycles. The van der Waals surface area contributed by atoms with Crippen LogP contribution in [0.1, 0.15) is 13.8 Å². The topological polar surface area (TPSA) is 0 Å². The van der Waals surface area contributed by atoms with Crippen molar-refractivity contribution in [3.05, 3.63) is 49.6 Å². The highest BCUT2D eigenvalue weighted by atomic mass is 13.5. The summed E-state index contributed by atoms with van der Waals surface area (Å²) >= 11 is 0. The predicted molar refractivity (Wildman–Crippen MR) is 50.0 cm³/mol. The molecule has 0 N–H and O–H groups in total. The maximum Gasteiger partial charge on any atom is -0.0467 e. The van der Waals surface area contributed by atoms with E-state index in [0.717, 1.165) is 0 Å². The lowest BCUT2D eigenvalue weighted by Gasteiger charge is -1.56. The fourth-order valence-electron chi connectivity index (χ4n) is 0.272. The van der Waals surface area contributed by atoms with Crippen molar-refractivity contribution in [1.29, 1.82) is 0 Å². The van der Waals surface area contributed by atoms with Gasteiger partial charge in [0.25, 0.3) is 0 Å². The molecule has 10 heavy (non-hydrogen) atoms. The first-order valence-corrected chi connectivity index (χ1v) is 3.30. The van der Waals surface area contributed by atoms with Crippen LogP contribution in [-0.4, -0.2) is 0 Å². The molecule has 0 amide bonds. The van der Waals surface area contributed by atoms with Crippen LogP contribution in [0, 0.1) is 0 Å². The molecule has 56 valence electrons. The predicted octanol–water partition coefficient (Wildman–Crippen LogP) is 3.50. The van der Waals surface area contributed by atoms with Gasteiger partial charge >= 0.3 is 0 Å². The van der Waals surface area contributed by atoms with Crippen molar-refractivity contribution < 1.29 is 0 Å². The Labute approximate surface area is 64.3 Å². The van der Waals surface area contributed by atoms with Crippen molar-refractivity contribution in [3.8, 4) is 0 Å². The van der Waals surface area contributed by atoms with E-state index in [0.29, 0.717) is 0 Å². The Balaban J connectivity index is 0. The molecule has 0 saturated carbocycles. The van der Waals surface area contributed by atoms with Crippen LogP contribution >= 0.6 is 0 Å². The van der Waals surface area contributed by atoms with Crippen molar-refractivity contribution in [1.82, 2.24) is 0 Å². The quantitative estimate of drug-likeness (QED) is 0.510. The highest BCUT2D eigenvalue weighted by Gasteiger charge is 1.42. The Hall–Kier alpha value is -1.04. The highest BCUT2D eigenvalue weighted by molar-refractivity contribution is 4.94. The summed E-state index contributed by atoms with van der Waals surface area (Å²) < 4.78 is 0. The third-order valence-corrected chi connectivity index (χ3v) is 0.657. The van der Waals surface area contributed by atoms with Gasteiger partial charge in [-0.3, -0.25) is 0 Å². The molecular formula is C10H16. The van der Waals surface area contributed by atoms with Gasteiger partial charge in [0.2, 0.25) is 0 Å². The average Bonchev–Trinajstić information content (AvgIpc) is 1.93. The van der Waals surface area contributed by atoms with Crippen LogP contribution in [0.15, 0.2) is 49.6 Å². The van der Waals surface area contributed by atoms with E-state index in [4.69, 9.17) is 0 Å². The summed E-state index contributed by atoms with van der Waals surface area (Å²) in [6, 6.07) is 0. The van der Waals surface area contributed by atoms with E-state index in [1.807, 2.05) is 38.2 Å². The van der Waals surface area contributed by atoms with Crippen molar-refractivity contribution in [2.75, 3.05) is 0 Å². The van der Waals surface area contributed by atoms with Gasteiger partial charge in [-0.05, 0) is 13.8 Å². The van der Waals surface area contributed by atoms with E-state index in [2.05, 4.69) is 13.2 Å². The van der Waals surface area contributed by atoms with Gasteiger partial charge < -0.3 is 0 Å². The molecule has 0 aliphatic rings. The molecule has 0 saturated heterocycles. The van der Waals surface area contributed by atoms with Crippen LogP contribution in [0.4, 0.5) is 0 Å². The van der Waals surface area contributed by atoms with E-state index in [-0.39, 0.29) is 0 Å². The Kier molecular flexibility index (Phi) is 18.4. The van der Waals surface area contributed by atoms with Gasteiger partial charge in [-0.2, -0.15) is 0 Å². The molecule has 0 aromatic rings. The van der Waals surface area contributed by atoms with E-state index in [1.54, 1.807) is 12.2 Å². The summed E-state index contributed by atoms with van der Waals surface area (Å²) in [4.78, 5) is 0. The van der Waals surface area contributed by atoms with Crippen LogP contribution in [0.3, 0.4) is 0 Å². The molecule has 0 aromatic carbocycles. The van der Waals surface area contributed by atoms with Gasteiger partial charge in [0.15, 0.2) is 0 Å². The zero-order valence-corrected chi connectivity index (χ0v) is 6.88. The van der Waals surface area contributed by atoms with E-state index >= 15 is 0 Å². The Morgan fingerprint density at radius 1 is 0.800 bits per heavy atom. The van der Waals surface area contributed by atoms with Crippen molar-refractivity contribution >= 4 is 0 Å². The molecule has 0 rings (SSSR count). The molecule has 0 bridgehead atoms.